The van der Waals surface area contributed by atoms with Crippen LogP contribution in [0.1, 0.15) is 16.7 Å². The third kappa shape index (κ3) is 3.58. The molecule has 1 nitrogen and oxygen atoms in total. The highest BCUT2D eigenvalue weighted by molar-refractivity contribution is 5.97. The monoisotopic (exact) mass is 386 g/mol. The van der Waals surface area contributed by atoms with Crippen molar-refractivity contribution >= 4 is 33.2 Å². The minimum atomic E-state index is 0.859. The van der Waals surface area contributed by atoms with Gasteiger partial charge in [-0.3, -0.25) is 0 Å². The fourth-order valence-corrected chi connectivity index (χ4v) is 3.95. The Hall–Kier alpha value is -3.84. The van der Waals surface area contributed by atoms with Gasteiger partial charge < -0.3 is 4.74 Å². The lowest BCUT2D eigenvalue weighted by Crippen LogP contribution is -1.91. The van der Waals surface area contributed by atoms with Crippen LogP contribution in [0.15, 0.2) is 109 Å². The maximum atomic E-state index is 5.49. The highest BCUT2D eigenvalue weighted by Gasteiger charge is 2.08. The largest absolute Gasteiger partial charge is 0.497 e. The van der Waals surface area contributed by atoms with Crippen molar-refractivity contribution in [2.24, 2.45) is 0 Å². The number of hydrogen-bond donors (Lipinski definition) is 0. The van der Waals surface area contributed by atoms with Crippen molar-refractivity contribution in [3.05, 3.63) is 126 Å². The van der Waals surface area contributed by atoms with E-state index in [0.29, 0.717) is 0 Å². The molecule has 0 atom stereocenters. The Morgan fingerprint density at radius 2 is 1.20 bits per heavy atom. The molecular weight excluding hydrogens is 364 g/mol. The summed E-state index contributed by atoms with van der Waals surface area (Å²) in [7, 11) is 1.71. The standard InChI is InChI=1S/C29H22O/c1-30-28-12-6-11-26(20-28)29(27-16-15-23-8-3-5-10-25(23)19-27)18-21-13-14-22-7-2-4-9-24(22)17-21/h2-20H,1H3/b29-18-. The molecule has 0 aromatic heterocycles. The fraction of sp³-hybridized carbons (Fsp3) is 0.0345. The summed E-state index contributed by atoms with van der Waals surface area (Å²) in [6.45, 7) is 0. The molecule has 0 spiro atoms. The van der Waals surface area contributed by atoms with Gasteiger partial charge in [-0.25, -0.2) is 0 Å². The summed E-state index contributed by atoms with van der Waals surface area (Å²) in [5, 5.41) is 4.98. The van der Waals surface area contributed by atoms with E-state index < -0.39 is 0 Å². The molecule has 5 aromatic rings. The molecule has 0 amide bonds. The van der Waals surface area contributed by atoms with Crippen LogP contribution in [0.3, 0.4) is 0 Å². The van der Waals surface area contributed by atoms with E-state index in [9.17, 15) is 0 Å². The maximum Gasteiger partial charge on any atom is 0.119 e. The molecule has 0 aliphatic heterocycles. The summed E-state index contributed by atoms with van der Waals surface area (Å²) in [5.74, 6) is 0.859. The highest BCUT2D eigenvalue weighted by Crippen LogP contribution is 2.31. The first-order chi connectivity index (χ1) is 14.8. The molecular formula is C29H22O. The van der Waals surface area contributed by atoms with E-state index in [1.54, 1.807) is 7.11 Å². The normalized spacial score (nSPS) is 11.7. The lowest BCUT2D eigenvalue weighted by molar-refractivity contribution is 0.414. The third-order valence-corrected chi connectivity index (χ3v) is 5.53. The Kier molecular flexibility index (Phi) is 4.78. The average Bonchev–Trinajstić information content (AvgIpc) is 2.82. The quantitative estimate of drug-likeness (QED) is 0.289. The maximum absolute atomic E-state index is 5.49. The Morgan fingerprint density at radius 1 is 0.567 bits per heavy atom. The van der Waals surface area contributed by atoms with E-state index in [1.807, 2.05) is 12.1 Å². The predicted molar refractivity (Wildman–Crippen MR) is 128 cm³/mol. The molecule has 30 heavy (non-hydrogen) atoms. The van der Waals surface area contributed by atoms with Crippen molar-refractivity contribution in [1.29, 1.82) is 0 Å². The van der Waals surface area contributed by atoms with Gasteiger partial charge in [0.25, 0.3) is 0 Å². The Morgan fingerprint density at radius 3 is 1.93 bits per heavy atom. The van der Waals surface area contributed by atoms with Crippen LogP contribution in [0.5, 0.6) is 5.75 Å². The molecule has 0 saturated carbocycles. The minimum Gasteiger partial charge on any atom is -0.497 e. The van der Waals surface area contributed by atoms with Crippen molar-refractivity contribution in [1.82, 2.24) is 0 Å². The summed E-state index contributed by atoms with van der Waals surface area (Å²) in [5.41, 5.74) is 4.68. The van der Waals surface area contributed by atoms with Gasteiger partial charge in [-0.1, -0.05) is 84.9 Å². The van der Waals surface area contributed by atoms with Gasteiger partial charge in [0.15, 0.2) is 0 Å². The van der Waals surface area contributed by atoms with Crippen LogP contribution in [0.25, 0.3) is 33.2 Å². The number of benzene rings is 5. The van der Waals surface area contributed by atoms with Crippen LogP contribution in [0.4, 0.5) is 0 Å². The van der Waals surface area contributed by atoms with Crippen LogP contribution < -0.4 is 4.74 Å². The number of rotatable bonds is 4. The Bertz CT molecular complexity index is 1380. The lowest BCUT2D eigenvalue weighted by atomic mass is 9.93. The number of ether oxygens (including phenoxy) is 1. The van der Waals surface area contributed by atoms with Gasteiger partial charge in [0, 0.05) is 0 Å². The first-order valence-electron chi connectivity index (χ1n) is 10.1. The van der Waals surface area contributed by atoms with Crippen molar-refractivity contribution in [3.63, 3.8) is 0 Å². The smallest absolute Gasteiger partial charge is 0.119 e. The summed E-state index contributed by atoms with van der Waals surface area (Å²) < 4.78 is 5.49. The van der Waals surface area contributed by atoms with Crippen LogP contribution in [-0.2, 0) is 0 Å². The zero-order valence-electron chi connectivity index (χ0n) is 16.9. The molecule has 0 saturated heterocycles. The summed E-state index contributed by atoms with van der Waals surface area (Å²) in [6, 6.07) is 38.5. The second-order valence-electron chi connectivity index (χ2n) is 7.46. The van der Waals surface area contributed by atoms with E-state index >= 15 is 0 Å². The fourth-order valence-electron chi connectivity index (χ4n) is 3.95. The van der Waals surface area contributed by atoms with Crippen LogP contribution in [-0.4, -0.2) is 7.11 Å². The van der Waals surface area contributed by atoms with E-state index in [2.05, 4.69) is 103 Å². The van der Waals surface area contributed by atoms with E-state index in [4.69, 9.17) is 4.74 Å². The van der Waals surface area contributed by atoms with Gasteiger partial charge in [-0.2, -0.15) is 0 Å². The molecule has 1 heteroatoms. The second-order valence-corrected chi connectivity index (χ2v) is 7.46. The van der Waals surface area contributed by atoms with Crippen LogP contribution in [0, 0.1) is 0 Å². The van der Waals surface area contributed by atoms with E-state index in [-0.39, 0.29) is 0 Å². The minimum absolute atomic E-state index is 0.859. The van der Waals surface area contributed by atoms with Crippen molar-refractivity contribution in [2.45, 2.75) is 0 Å². The number of fused-ring (bicyclic) bond motifs is 2. The number of hydrogen-bond acceptors (Lipinski definition) is 1. The summed E-state index contributed by atoms with van der Waals surface area (Å²) in [6.07, 6.45) is 2.27. The Labute approximate surface area is 176 Å². The van der Waals surface area contributed by atoms with E-state index in [0.717, 1.165) is 11.3 Å². The molecule has 0 bridgehead atoms. The Balaban J connectivity index is 1.70. The third-order valence-electron chi connectivity index (χ3n) is 5.53. The molecule has 144 valence electrons. The molecule has 0 aliphatic rings. The van der Waals surface area contributed by atoms with Gasteiger partial charge in [-0.05, 0) is 74.1 Å². The zero-order valence-corrected chi connectivity index (χ0v) is 16.9. The SMILES string of the molecule is COc1cccc(/C(=C/c2ccc3ccccc3c2)c2ccc3ccccc3c2)c1. The highest BCUT2D eigenvalue weighted by atomic mass is 16.5. The molecule has 0 unspecified atom stereocenters. The van der Waals surface area contributed by atoms with Crippen LogP contribution in [0.2, 0.25) is 0 Å². The van der Waals surface area contributed by atoms with Gasteiger partial charge in [0.05, 0.1) is 7.11 Å². The zero-order chi connectivity index (χ0) is 20.3. The van der Waals surface area contributed by atoms with Crippen molar-refractivity contribution in [2.75, 3.05) is 7.11 Å². The predicted octanol–water partition coefficient (Wildman–Crippen LogP) is 7.59. The second kappa shape index (κ2) is 7.88. The van der Waals surface area contributed by atoms with Gasteiger partial charge in [0.1, 0.15) is 5.75 Å². The first kappa shape index (κ1) is 18.2. The van der Waals surface area contributed by atoms with E-state index in [1.165, 1.54) is 38.2 Å². The molecule has 0 N–H and O–H groups in total. The molecule has 0 radical (unpaired) electrons. The molecule has 0 fully saturated rings. The average molecular weight is 386 g/mol. The topological polar surface area (TPSA) is 9.23 Å². The van der Waals surface area contributed by atoms with Gasteiger partial charge >= 0.3 is 0 Å². The first-order valence-corrected chi connectivity index (χ1v) is 10.1. The lowest BCUT2D eigenvalue weighted by Gasteiger charge is -2.12. The molecule has 5 rings (SSSR count). The van der Waals surface area contributed by atoms with Gasteiger partial charge in [0.2, 0.25) is 0 Å². The number of methoxy groups -OCH3 is 1. The van der Waals surface area contributed by atoms with Gasteiger partial charge in [-0.15, -0.1) is 0 Å². The molecule has 0 aliphatic carbocycles. The molecule has 5 aromatic carbocycles. The summed E-state index contributed by atoms with van der Waals surface area (Å²) in [4.78, 5) is 0. The van der Waals surface area contributed by atoms with Crippen LogP contribution >= 0.6 is 0 Å². The van der Waals surface area contributed by atoms with Crippen molar-refractivity contribution in [3.8, 4) is 5.75 Å². The summed E-state index contributed by atoms with van der Waals surface area (Å²) >= 11 is 0. The van der Waals surface area contributed by atoms with Crippen molar-refractivity contribution < 1.29 is 4.74 Å². The molecule has 0 heterocycles.